The molecule has 0 aliphatic rings. The molecule has 2 rings (SSSR count). The van der Waals surface area contributed by atoms with Gasteiger partial charge in [-0.25, -0.2) is 0 Å². The zero-order chi connectivity index (χ0) is 17.2. The second-order valence-electron chi connectivity index (χ2n) is 4.86. The molecule has 126 valence electrons. The van der Waals surface area contributed by atoms with Gasteiger partial charge in [-0.05, 0) is 36.5 Å². The van der Waals surface area contributed by atoms with Gasteiger partial charge in [0.1, 0.15) is 24.7 Å². The average molecular weight is 344 g/mol. The van der Waals surface area contributed by atoms with Crippen molar-refractivity contribution in [1.82, 2.24) is 5.32 Å². The minimum Gasteiger partial charge on any atom is -0.490 e. The number of hydrogen-bond acceptors (Lipinski definition) is 4. The fourth-order valence-corrected chi connectivity index (χ4v) is 2.12. The number of hydrogen-bond donors (Lipinski definition) is 2. The Bertz CT molecular complexity index is 677. The Balaban J connectivity index is 1.84. The quantitative estimate of drug-likeness (QED) is 0.596. The van der Waals surface area contributed by atoms with Crippen molar-refractivity contribution >= 4 is 28.9 Å². The number of thiocarbonyl (C=S) groups is 1. The van der Waals surface area contributed by atoms with E-state index in [1.807, 2.05) is 54.6 Å². The first-order chi connectivity index (χ1) is 11.7. The Morgan fingerprint density at radius 2 is 1.67 bits per heavy atom. The van der Waals surface area contributed by atoms with E-state index in [0.717, 1.165) is 5.75 Å². The smallest absolute Gasteiger partial charge is 0.225 e. The van der Waals surface area contributed by atoms with Crippen molar-refractivity contribution in [1.29, 1.82) is 0 Å². The molecular weight excluding hydrogens is 324 g/mol. The first kappa shape index (κ1) is 17.7. The van der Waals surface area contributed by atoms with Gasteiger partial charge >= 0.3 is 0 Å². The minimum atomic E-state index is -0.137. The lowest BCUT2D eigenvalue weighted by Gasteiger charge is -2.14. The maximum atomic E-state index is 11.4. The van der Waals surface area contributed by atoms with Crippen molar-refractivity contribution < 1.29 is 14.3 Å². The first-order valence-electron chi connectivity index (χ1n) is 7.69. The van der Waals surface area contributed by atoms with Gasteiger partial charge in [0.15, 0.2) is 5.11 Å². The number of amides is 1. The number of rotatable bonds is 7. The number of benzene rings is 2. The summed E-state index contributed by atoms with van der Waals surface area (Å²) in [4.78, 5) is 11.4. The molecule has 0 aromatic heterocycles. The highest BCUT2D eigenvalue weighted by atomic mass is 32.1. The zero-order valence-corrected chi connectivity index (χ0v) is 14.3. The molecule has 0 heterocycles. The Morgan fingerprint density at radius 3 is 2.42 bits per heavy atom. The van der Waals surface area contributed by atoms with E-state index in [9.17, 15) is 4.79 Å². The Labute approximate surface area is 147 Å². The molecule has 0 bridgehead atoms. The van der Waals surface area contributed by atoms with Gasteiger partial charge in [-0.15, -0.1) is 0 Å². The fourth-order valence-electron chi connectivity index (χ4n) is 1.89. The molecule has 0 aliphatic carbocycles. The van der Waals surface area contributed by atoms with Crippen LogP contribution >= 0.6 is 12.2 Å². The molecule has 0 saturated heterocycles. The van der Waals surface area contributed by atoms with Gasteiger partial charge in [0.05, 0.1) is 5.69 Å². The van der Waals surface area contributed by atoms with E-state index in [1.165, 1.54) is 0 Å². The molecule has 0 spiro atoms. The van der Waals surface area contributed by atoms with Gasteiger partial charge in [-0.3, -0.25) is 4.79 Å². The molecule has 0 unspecified atom stereocenters. The SMILES string of the molecule is CCC(=O)NC(=S)Nc1ccccc1OCCOc1ccccc1. The third-order valence-electron chi connectivity index (χ3n) is 3.06. The van der Waals surface area contributed by atoms with E-state index in [-0.39, 0.29) is 11.0 Å². The van der Waals surface area contributed by atoms with Crippen molar-refractivity contribution in [3.05, 3.63) is 54.6 Å². The lowest BCUT2D eigenvalue weighted by molar-refractivity contribution is -0.119. The van der Waals surface area contributed by atoms with E-state index < -0.39 is 0 Å². The molecule has 0 aliphatic heterocycles. The molecule has 2 aromatic carbocycles. The molecule has 0 fully saturated rings. The molecule has 2 N–H and O–H groups in total. The van der Waals surface area contributed by atoms with Crippen LogP contribution in [0.5, 0.6) is 11.5 Å². The Hall–Kier alpha value is -2.60. The van der Waals surface area contributed by atoms with Crippen LogP contribution in [0.15, 0.2) is 54.6 Å². The topological polar surface area (TPSA) is 59.6 Å². The van der Waals surface area contributed by atoms with E-state index >= 15 is 0 Å². The van der Waals surface area contributed by atoms with Crippen LogP contribution in [0.25, 0.3) is 0 Å². The molecule has 1 amide bonds. The van der Waals surface area contributed by atoms with Crippen LogP contribution in [0, 0.1) is 0 Å². The van der Waals surface area contributed by atoms with Crippen molar-refractivity contribution in [2.45, 2.75) is 13.3 Å². The molecule has 2 aromatic rings. The Kier molecular flexibility index (Phi) is 7.04. The third kappa shape index (κ3) is 5.89. The number of para-hydroxylation sites is 3. The molecule has 24 heavy (non-hydrogen) atoms. The van der Waals surface area contributed by atoms with E-state index in [4.69, 9.17) is 21.7 Å². The number of carbonyl (C=O) groups is 1. The lowest BCUT2D eigenvalue weighted by Crippen LogP contribution is -2.33. The van der Waals surface area contributed by atoms with Gasteiger partial charge in [0.25, 0.3) is 0 Å². The molecule has 6 heteroatoms. The van der Waals surface area contributed by atoms with E-state index in [0.29, 0.717) is 31.1 Å². The van der Waals surface area contributed by atoms with Gasteiger partial charge in [0, 0.05) is 6.42 Å². The van der Waals surface area contributed by atoms with Gasteiger partial charge in [0.2, 0.25) is 5.91 Å². The van der Waals surface area contributed by atoms with Crippen molar-refractivity contribution in [2.75, 3.05) is 18.5 Å². The van der Waals surface area contributed by atoms with Crippen LogP contribution < -0.4 is 20.1 Å². The van der Waals surface area contributed by atoms with Crippen LogP contribution in [0.2, 0.25) is 0 Å². The monoisotopic (exact) mass is 344 g/mol. The Morgan fingerprint density at radius 1 is 1.00 bits per heavy atom. The highest BCUT2D eigenvalue weighted by Crippen LogP contribution is 2.23. The van der Waals surface area contributed by atoms with Crippen LogP contribution in [0.4, 0.5) is 5.69 Å². The summed E-state index contributed by atoms with van der Waals surface area (Å²) < 4.78 is 11.3. The van der Waals surface area contributed by atoms with Gasteiger partial charge in [-0.1, -0.05) is 37.3 Å². The second kappa shape index (κ2) is 9.52. The van der Waals surface area contributed by atoms with Crippen LogP contribution in [-0.2, 0) is 4.79 Å². The maximum absolute atomic E-state index is 11.4. The first-order valence-corrected chi connectivity index (χ1v) is 8.10. The number of anilines is 1. The largest absolute Gasteiger partial charge is 0.490 e. The standard InChI is InChI=1S/C18H20N2O3S/c1-2-17(21)20-18(24)19-15-10-6-7-11-16(15)23-13-12-22-14-8-4-3-5-9-14/h3-11H,2,12-13H2,1H3,(H2,19,20,21,24). The summed E-state index contributed by atoms with van der Waals surface area (Å²) in [5.74, 6) is 1.31. The molecule has 0 radical (unpaired) electrons. The number of carbonyl (C=O) groups excluding carboxylic acids is 1. The minimum absolute atomic E-state index is 0.137. The summed E-state index contributed by atoms with van der Waals surface area (Å²) in [5.41, 5.74) is 0.693. The zero-order valence-electron chi connectivity index (χ0n) is 13.5. The lowest BCUT2D eigenvalue weighted by atomic mass is 10.3. The van der Waals surface area contributed by atoms with Crippen molar-refractivity contribution in [2.24, 2.45) is 0 Å². The third-order valence-corrected chi connectivity index (χ3v) is 3.27. The highest BCUT2D eigenvalue weighted by molar-refractivity contribution is 7.80. The van der Waals surface area contributed by atoms with Crippen LogP contribution in [-0.4, -0.2) is 24.2 Å². The number of nitrogens with one attached hydrogen (secondary N) is 2. The summed E-state index contributed by atoms with van der Waals surface area (Å²) in [7, 11) is 0. The second-order valence-corrected chi connectivity index (χ2v) is 5.27. The summed E-state index contributed by atoms with van der Waals surface area (Å²) in [6.07, 6.45) is 0.372. The van der Waals surface area contributed by atoms with Crippen LogP contribution in [0.1, 0.15) is 13.3 Å². The summed E-state index contributed by atoms with van der Waals surface area (Å²) in [5, 5.41) is 5.81. The van der Waals surface area contributed by atoms with Gasteiger partial charge < -0.3 is 20.1 Å². The molecule has 0 atom stereocenters. The molecule has 5 nitrogen and oxygen atoms in total. The van der Waals surface area contributed by atoms with Gasteiger partial charge in [-0.2, -0.15) is 0 Å². The normalized spacial score (nSPS) is 9.88. The summed E-state index contributed by atoms with van der Waals surface area (Å²) in [6.45, 7) is 2.58. The number of ether oxygens (including phenoxy) is 2. The summed E-state index contributed by atoms with van der Waals surface area (Å²) >= 11 is 5.11. The predicted molar refractivity (Wildman–Crippen MR) is 98.5 cm³/mol. The fraction of sp³-hybridized carbons (Fsp3) is 0.222. The van der Waals surface area contributed by atoms with Crippen molar-refractivity contribution in [3.8, 4) is 11.5 Å². The maximum Gasteiger partial charge on any atom is 0.225 e. The van der Waals surface area contributed by atoms with E-state index in [1.54, 1.807) is 6.92 Å². The molecule has 0 saturated carbocycles. The summed E-state index contributed by atoms with van der Waals surface area (Å²) in [6, 6.07) is 16.9. The van der Waals surface area contributed by atoms with E-state index in [2.05, 4.69) is 10.6 Å². The highest BCUT2D eigenvalue weighted by Gasteiger charge is 2.07. The van der Waals surface area contributed by atoms with Crippen LogP contribution in [0.3, 0.4) is 0 Å². The predicted octanol–water partition coefficient (Wildman–Crippen LogP) is 3.37. The molecular formula is C18H20N2O3S. The average Bonchev–Trinajstić information content (AvgIpc) is 2.60. The van der Waals surface area contributed by atoms with Crippen molar-refractivity contribution in [3.63, 3.8) is 0 Å².